The lowest BCUT2D eigenvalue weighted by Gasteiger charge is -2.29. The number of carbonyl (C=O) groups excluding carboxylic acids is 1. The standard InChI is InChI=1S/C23H27N3O2S/c27-22(21-12-7-13-28-21)25-23-24-20(17-29-23)16-26(14-18-8-3-1-4-9-18)15-19-10-5-2-6-11-19/h1,3-4,7-9,12-13,17,19H,2,5-6,10-11,14-16H2,(H,24,25,27). The van der Waals surface area contributed by atoms with E-state index in [1.54, 1.807) is 12.1 Å². The van der Waals surface area contributed by atoms with E-state index in [0.29, 0.717) is 10.9 Å². The van der Waals surface area contributed by atoms with Gasteiger partial charge in [-0.15, -0.1) is 11.3 Å². The topological polar surface area (TPSA) is 58.4 Å². The minimum absolute atomic E-state index is 0.265. The summed E-state index contributed by atoms with van der Waals surface area (Å²) in [5, 5.41) is 5.47. The maximum absolute atomic E-state index is 12.2. The number of furan rings is 1. The van der Waals surface area contributed by atoms with E-state index < -0.39 is 0 Å². The number of hydrogen-bond donors (Lipinski definition) is 1. The van der Waals surface area contributed by atoms with Crippen LogP contribution in [-0.2, 0) is 13.1 Å². The summed E-state index contributed by atoms with van der Waals surface area (Å²) in [6.45, 7) is 2.81. The van der Waals surface area contributed by atoms with Crippen LogP contribution in [0.4, 0.5) is 5.13 Å². The monoisotopic (exact) mass is 409 g/mol. The van der Waals surface area contributed by atoms with E-state index in [-0.39, 0.29) is 5.91 Å². The zero-order valence-corrected chi connectivity index (χ0v) is 17.4. The molecule has 1 saturated carbocycles. The number of benzene rings is 1. The third-order valence-corrected chi connectivity index (χ3v) is 6.20. The summed E-state index contributed by atoms with van der Waals surface area (Å²) in [5.41, 5.74) is 2.32. The summed E-state index contributed by atoms with van der Waals surface area (Å²) in [6.07, 6.45) is 8.22. The van der Waals surface area contributed by atoms with Gasteiger partial charge in [-0.1, -0.05) is 49.6 Å². The Hall–Kier alpha value is -2.44. The summed E-state index contributed by atoms with van der Waals surface area (Å²) in [7, 11) is 0. The molecule has 0 bridgehead atoms. The number of carbonyl (C=O) groups is 1. The van der Waals surface area contributed by atoms with Gasteiger partial charge in [0.1, 0.15) is 0 Å². The first-order valence-corrected chi connectivity index (χ1v) is 11.2. The third-order valence-electron chi connectivity index (χ3n) is 5.39. The van der Waals surface area contributed by atoms with Gasteiger partial charge in [-0.3, -0.25) is 15.0 Å². The van der Waals surface area contributed by atoms with Crippen LogP contribution >= 0.6 is 11.3 Å². The highest BCUT2D eigenvalue weighted by Crippen LogP contribution is 2.26. The molecule has 152 valence electrons. The van der Waals surface area contributed by atoms with Crippen molar-refractivity contribution in [1.29, 1.82) is 0 Å². The lowest BCUT2D eigenvalue weighted by atomic mass is 9.89. The van der Waals surface area contributed by atoms with Gasteiger partial charge in [0, 0.05) is 25.0 Å². The average Bonchev–Trinajstić information content (AvgIpc) is 3.42. The first-order chi connectivity index (χ1) is 14.3. The second-order valence-corrected chi connectivity index (χ2v) is 8.59. The number of nitrogens with zero attached hydrogens (tertiary/aromatic N) is 2. The molecule has 29 heavy (non-hydrogen) atoms. The molecule has 1 aliphatic rings. The van der Waals surface area contributed by atoms with Crippen molar-refractivity contribution in [1.82, 2.24) is 9.88 Å². The first kappa shape index (κ1) is 19.9. The predicted molar refractivity (Wildman–Crippen MR) is 116 cm³/mol. The zero-order valence-electron chi connectivity index (χ0n) is 16.5. The minimum Gasteiger partial charge on any atom is -0.459 e. The maximum Gasteiger partial charge on any atom is 0.293 e. The van der Waals surface area contributed by atoms with Crippen molar-refractivity contribution in [3.63, 3.8) is 0 Å². The molecule has 0 radical (unpaired) electrons. The summed E-state index contributed by atoms with van der Waals surface area (Å²) < 4.78 is 5.15. The average molecular weight is 410 g/mol. The quantitative estimate of drug-likeness (QED) is 0.528. The van der Waals surface area contributed by atoms with Crippen LogP contribution in [0.15, 0.2) is 58.5 Å². The molecule has 1 aliphatic carbocycles. The van der Waals surface area contributed by atoms with Gasteiger partial charge in [0.05, 0.1) is 12.0 Å². The molecule has 4 rings (SSSR count). The molecule has 0 saturated heterocycles. The Labute approximate surface area is 175 Å². The van der Waals surface area contributed by atoms with Crippen LogP contribution in [0, 0.1) is 5.92 Å². The molecule has 0 unspecified atom stereocenters. The summed E-state index contributed by atoms with van der Waals surface area (Å²) >= 11 is 1.46. The number of thiazole rings is 1. The van der Waals surface area contributed by atoms with Gasteiger partial charge < -0.3 is 4.42 Å². The third kappa shape index (κ3) is 5.78. The Kier molecular flexibility index (Phi) is 6.75. The highest BCUT2D eigenvalue weighted by Gasteiger charge is 2.19. The van der Waals surface area contributed by atoms with E-state index in [1.807, 2.05) is 5.38 Å². The highest BCUT2D eigenvalue weighted by molar-refractivity contribution is 7.13. The smallest absolute Gasteiger partial charge is 0.293 e. The Morgan fingerprint density at radius 2 is 1.93 bits per heavy atom. The molecular formula is C23H27N3O2S. The number of hydrogen-bond acceptors (Lipinski definition) is 5. The Morgan fingerprint density at radius 3 is 2.69 bits per heavy atom. The summed E-state index contributed by atoms with van der Waals surface area (Å²) in [4.78, 5) is 19.3. The van der Waals surface area contributed by atoms with E-state index in [0.717, 1.165) is 31.2 Å². The van der Waals surface area contributed by atoms with Gasteiger partial charge in [-0.25, -0.2) is 4.98 Å². The number of nitrogens with one attached hydrogen (secondary N) is 1. The van der Waals surface area contributed by atoms with Crippen molar-refractivity contribution < 1.29 is 9.21 Å². The van der Waals surface area contributed by atoms with Crippen molar-refractivity contribution in [3.8, 4) is 0 Å². The lowest BCUT2D eigenvalue weighted by Crippen LogP contribution is -2.30. The molecule has 5 nitrogen and oxygen atoms in total. The Balaban J connectivity index is 1.41. The molecule has 0 spiro atoms. The first-order valence-electron chi connectivity index (χ1n) is 10.3. The van der Waals surface area contributed by atoms with Crippen LogP contribution in [0.5, 0.6) is 0 Å². The fraction of sp³-hybridized carbons (Fsp3) is 0.391. The van der Waals surface area contributed by atoms with Crippen molar-refractivity contribution in [3.05, 3.63) is 71.1 Å². The summed E-state index contributed by atoms with van der Waals surface area (Å²) in [5.74, 6) is 0.799. The molecule has 1 fully saturated rings. The second-order valence-electron chi connectivity index (χ2n) is 7.73. The molecule has 1 aromatic carbocycles. The van der Waals surface area contributed by atoms with Crippen LogP contribution in [0.1, 0.15) is 53.9 Å². The fourth-order valence-corrected chi connectivity index (χ4v) is 4.69. The molecule has 1 amide bonds. The Morgan fingerprint density at radius 1 is 1.10 bits per heavy atom. The van der Waals surface area contributed by atoms with Crippen molar-refractivity contribution in [2.24, 2.45) is 5.92 Å². The molecule has 1 N–H and O–H groups in total. The largest absolute Gasteiger partial charge is 0.459 e. The van der Waals surface area contributed by atoms with E-state index in [4.69, 9.17) is 4.42 Å². The van der Waals surface area contributed by atoms with Gasteiger partial charge in [0.2, 0.25) is 0 Å². The van der Waals surface area contributed by atoms with Gasteiger partial charge in [0.25, 0.3) is 5.91 Å². The van der Waals surface area contributed by atoms with E-state index in [1.165, 1.54) is 55.3 Å². The SMILES string of the molecule is O=C(Nc1nc(CN(Cc2ccccc2)CC2CCCCC2)cs1)c1ccco1. The maximum atomic E-state index is 12.2. The molecule has 2 aromatic heterocycles. The van der Waals surface area contributed by atoms with Crippen LogP contribution in [-0.4, -0.2) is 22.3 Å². The molecular weight excluding hydrogens is 382 g/mol. The molecule has 0 atom stereocenters. The van der Waals surface area contributed by atoms with Crippen molar-refractivity contribution in [2.45, 2.75) is 45.2 Å². The van der Waals surface area contributed by atoms with Gasteiger partial charge in [-0.2, -0.15) is 0 Å². The van der Waals surface area contributed by atoms with Crippen LogP contribution < -0.4 is 5.32 Å². The van der Waals surface area contributed by atoms with Gasteiger partial charge in [0.15, 0.2) is 10.9 Å². The molecule has 2 heterocycles. The highest BCUT2D eigenvalue weighted by atomic mass is 32.1. The fourth-order valence-electron chi connectivity index (χ4n) is 3.99. The molecule has 3 aromatic rings. The molecule has 6 heteroatoms. The number of rotatable bonds is 8. The normalized spacial score (nSPS) is 14.9. The van der Waals surface area contributed by atoms with Crippen LogP contribution in [0.3, 0.4) is 0 Å². The van der Waals surface area contributed by atoms with Gasteiger partial charge >= 0.3 is 0 Å². The van der Waals surface area contributed by atoms with E-state index in [2.05, 4.69) is 45.5 Å². The second kappa shape index (κ2) is 9.85. The van der Waals surface area contributed by atoms with Crippen LogP contribution in [0.25, 0.3) is 0 Å². The number of amides is 1. The lowest BCUT2D eigenvalue weighted by molar-refractivity contribution is 0.0996. The number of aromatic nitrogens is 1. The van der Waals surface area contributed by atoms with E-state index in [9.17, 15) is 4.79 Å². The number of anilines is 1. The van der Waals surface area contributed by atoms with E-state index >= 15 is 0 Å². The Bertz CT molecular complexity index is 886. The summed E-state index contributed by atoms with van der Waals surface area (Å²) in [6, 6.07) is 14.0. The van der Waals surface area contributed by atoms with Crippen LogP contribution in [0.2, 0.25) is 0 Å². The molecule has 0 aliphatic heterocycles. The van der Waals surface area contributed by atoms with Gasteiger partial charge in [-0.05, 0) is 36.5 Å². The van der Waals surface area contributed by atoms with Crippen molar-refractivity contribution >= 4 is 22.4 Å². The van der Waals surface area contributed by atoms with Crippen molar-refractivity contribution in [2.75, 3.05) is 11.9 Å². The minimum atomic E-state index is -0.265. The predicted octanol–water partition coefficient (Wildman–Crippen LogP) is 5.57. The zero-order chi connectivity index (χ0) is 19.9.